The summed E-state index contributed by atoms with van der Waals surface area (Å²) in [5, 5.41) is 12.2. The van der Waals surface area contributed by atoms with E-state index in [1.165, 1.54) is 6.08 Å². The first-order valence-electron chi connectivity index (χ1n) is 10.0. The zero-order valence-electron chi connectivity index (χ0n) is 17.8. The Bertz CT molecular complexity index is 943. The Kier molecular flexibility index (Phi) is 8.36. The van der Waals surface area contributed by atoms with E-state index in [0.717, 1.165) is 22.3 Å². The van der Waals surface area contributed by atoms with Crippen LogP contribution in [0.15, 0.2) is 90.6 Å². The molecule has 2 rings (SSSR count). The summed E-state index contributed by atoms with van der Waals surface area (Å²) in [7, 11) is 0. The van der Waals surface area contributed by atoms with Crippen LogP contribution in [0, 0.1) is 5.92 Å². The van der Waals surface area contributed by atoms with Crippen LogP contribution in [0.2, 0.25) is 0 Å². The number of benzene rings is 1. The third-order valence-corrected chi connectivity index (χ3v) is 4.89. The molecule has 0 aromatic heterocycles. The molecule has 2 atom stereocenters. The molecule has 0 heterocycles. The van der Waals surface area contributed by atoms with Crippen molar-refractivity contribution in [2.24, 2.45) is 5.92 Å². The van der Waals surface area contributed by atoms with Gasteiger partial charge in [-0.05, 0) is 42.0 Å². The van der Waals surface area contributed by atoms with Gasteiger partial charge in [-0.25, -0.2) is 4.79 Å². The van der Waals surface area contributed by atoms with E-state index in [9.17, 15) is 14.7 Å². The maximum Gasteiger partial charge on any atom is 0.326 e. The highest BCUT2D eigenvalue weighted by molar-refractivity contribution is 5.99. The van der Waals surface area contributed by atoms with Crippen LogP contribution < -0.4 is 5.32 Å². The number of carbonyl (C=O) groups excluding carboxylic acids is 1. The lowest BCUT2D eigenvalue weighted by Crippen LogP contribution is -2.42. The van der Waals surface area contributed by atoms with Crippen molar-refractivity contribution in [3.8, 4) is 0 Å². The molecule has 2 unspecified atom stereocenters. The van der Waals surface area contributed by atoms with E-state index in [4.69, 9.17) is 0 Å². The molecule has 4 nitrogen and oxygen atoms in total. The average Bonchev–Trinajstić information content (AvgIpc) is 2.93. The quantitative estimate of drug-likeness (QED) is 0.473. The fourth-order valence-electron chi connectivity index (χ4n) is 3.18. The topological polar surface area (TPSA) is 66.4 Å². The van der Waals surface area contributed by atoms with Crippen molar-refractivity contribution in [3.05, 3.63) is 102 Å². The van der Waals surface area contributed by atoms with Gasteiger partial charge >= 0.3 is 5.97 Å². The van der Waals surface area contributed by atoms with Gasteiger partial charge in [-0.2, -0.15) is 0 Å². The lowest BCUT2D eigenvalue weighted by molar-refractivity contribution is -0.141. The lowest BCUT2D eigenvalue weighted by atomic mass is 9.99. The Balaban J connectivity index is 2.15. The van der Waals surface area contributed by atoms with Gasteiger partial charge in [-0.1, -0.05) is 86.4 Å². The Morgan fingerprint density at radius 2 is 1.93 bits per heavy atom. The molecular weight excluding hydrogens is 374 g/mol. The molecule has 0 saturated heterocycles. The standard InChI is InChI=1S/C26H29NO3/c1-5-8-19(4)23(6-2)25(28)27-24(26(29)30)17-20-12-15-22(16-13-20)21-10-7-9-18(3)11-14-21/h5-16,18,24H,2,17H2,1,3-4H3,(H,27,28)(H,29,30)/b8-5-,23-19+. The summed E-state index contributed by atoms with van der Waals surface area (Å²) < 4.78 is 0. The maximum absolute atomic E-state index is 12.6. The first kappa shape index (κ1) is 22.9. The predicted molar refractivity (Wildman–Crippen MR) is 123 cm³/mol. The third-order valence-electron chi connectivity index (χ3n) is 4.89. The SMILES string of the molecule is C=C/C(C(=O)NC(Cc1ccc(C2=CC=CC(C)C=C2)cc1)C(=O)O)=C(C)\C=C/C. The average molecular weight is 404 g/mol. The molecule has 156 valence electrons. The Hall–Kier alpha value is -3.40. The molecule has 0 saturated carbocycles. The number of hydrogen-bond donors (Lipinski definition) is 2. The number of aliphatic carboxylic acids is 1. The van der Waals surface area contributed by atoms with Gasteiger partial charge in [0.15, 0.2) is 0 Å². The molecule has 1 aliphatic carbocycles. The van der Waals surface area contributed by atoms with Gasteiger partial charge in [-0.3, -0.25) is 4.79 Å². The fourth-order valence-corrected chi connectivity index (χ4v) is 3.18. The van der Waals surface area contributed by atoms with E-state index in [1.807, 2.05) is 43.3 Å². The van der Waals surface area contributed by atoms with E-state index in [0.29, 0.717) is 11.5 Å². The molecule has 1 aromatic carbocycles. The zero-order valence-corrected chi connectivity index (χ0v) is 17.8. The number of carboxylic acid groups (broad SMARTS) is 1. The molecule has 0 radical (unpaired) electrons. The van der Waals surface area contributed by atoms with Crippen molar-refractivity contribution in [3.63, 3.8) is 0 Å². The second-order valence-electron chi connectivity index (χ2n) is 7.29. The van der Waals surface area contributed by atoms with Gasteiger partial charge in [-0.15, -0.1) is 0 Å². The van der Waals surface area contributed by atoms with Gasteiger partial charge in [0.25, 0.3) is 5.91 Å². The van der Waals surface area contributed by atoms with E-state index in [-0.39, 0.29) is 6.42 Å². The van der Waals surface area contributed by atoms with Crippen LogP contribution in [0.25, 0.3) is 5.57 Å². The Morgan fingerprint density at radius 1 is 1.23 bits per heavy atom. The number of allylic oxidation sites excluding steroid dienone is 9. The maximum atomic E-state index is 12.6. The van der Waals surface area contributed by atoms with Crippen molar-refractivity contribution in [1.82, 2.24) is 5.32 Å². The highest BCUT2D eigenvalue weighted by Gasteiger charge is 2.22. The van der Waals surface area contributed by atoms with Crippen molar-refractivity contribution in [2.75, 3.05) is 0 Å². The molecule has 2 N–H and O–H groups in total. The molecular formula is C26H29NO3. The highest BCUT2D eigenvalue weighted by Crippen LogP contribution is 2.21. The molecule has 0 spiro atoms. The van der Waals surface area contributed by atoms with E-state index < -0.39 is 17.9 Å². The minimum absolute atomic E-state index is 0.195. The molecule has 30 heavy (non-hydrogen) atoms. The number of nitrogens with one attached hydrogen (secondary N) is 1. The number of carbonyl (C=O) groups is 2. The summed E-state index contributed by atoms with van der Waals surface area (Å²) in [5.74, 6) is -1.13. The summed E-state index contributed by atoms with van der Waals surface area (Å²) in [6.45, 7) is 9.44. The van der Waals surface area contributed by atoms with Crippen molar-refractivity contribution in [2.45, 2.75) is 33.2 Å². The molecule has 0 aliphatic heterocycles. The Morgan fingerprint density at radius 3 is 2.53 bits per heavy atom. The van der Waals surface area contributed by atoms with E-state index >= 15 is 0 Å². The van der Waals surface area contributed by atoms with Gasteiger partial charge < -0.3 is 10.4 Å². The normalized spacial score (nSPS) is 17.7. The van der Waals surface area contributed by atoms with Crippen LogP contribution in [0.5, 0.6) is 0 Å². The molecule has 0 fully saturated rings. The van der Waals surface area contributed by atoms with Crippen molar-refractivity contribution >= 4 is 17.4 Å². The largest absolute Gasteiger partial charge is 0.480 e. The second kappa shape index (κ2) is 11.0. The first-order chi connectivity index (χ1) is 14.3. The first-order valence-corrected chi connectivity index (χ1v) is 10.0. The van der Waals surface area contributed by atoms with Crippen LogP contribution in [0.4, 0.5) is 0 Å². The minimum atomic E-state index is -1.08. The van der Waals surface area contributed by atoms with Gasteiger partial charge in [0, 0.05) is 12.0 Å². The number of amides is 1. The smallest absolute Gasteiger partial charge is 0.326 e. The number of rotatable bonds is 8. The second-order valence-corrected chi connectivity index (χ2v) is 7.29. The van der Waals surface area contributed by atoms with Crippen LogP contribution in [-0.4, -0.2) is 23.0 Å². The Labute approximate surface area is 178 Å². The number of hydrogen-bond acceptors (Lipinski definition) is 2. The lowest BCUT2D eigenvalue weighted by Gasteiger charge is -2.16. The van der Waals surface area contributed by atoms with Crippen LogP contribution in [0.3, 0.4) is 0 Å². The predicted octanol–water partition coefficient (Wildman–Crippen LogP) is 5.02. The fraction of sp³-hybridized carbons (Fsp3) is 0.231. The minimum Gasteiger partial charge on any atom is -0.480 e. The molecule has 1 aromatic rings. The van der Waals surface area contributed by atoms with Crippen molar-refractivity contribution < 1.29 is 14.7 Å². The molecule has 4 heteroatoms. The van der Waals surface area contributed by atoms with Gasteiger partial charge in [0.2, 0.25) is 0 Å². The summed E-state index contributed by atoms with van der Waals surface area (Å²) in [4.78, 5) is 24.3. The van der Waals surface area contributed by atoms with Crippen molar-refractivity contribution in [1.29, 1.82) is 0 Å². The van der Waals surface area contributed by atoms with Gasteiger partial charge in [0.05, 0.1) is 0 Å². The highest BCUT2D eigenvalue weighted by atomic mass is 16.4. The zero-order chi connectivity index (χ0) is 22.1. The summed E-state index contributed by atoms with van der Waals surface area (Å²) >= 11 is 0. The monoisotopic (exact) mass is 403 g/mol. The summed E-state index contributed by atoms with van der Waals surface area (Å²) in [6.07, 6.45) is 15.7. The van der Waals surface area contributed by atoms with Crippen LogP contribution in [0.1, 0.15) is 31.9 Å². The van der Waals surface area contributed by atoms with E-state index in [1.54, 1.807) is 13.0 Å². The van der Waals surface area contributed by atoms with Crippen LogP contribution >= 0.6 is 0 Å². The molecule has 1 aliphatic rings. The summed E-state index contributed by atoms with van der Waals surface area (Å²) in [5.41, 5.74) is 4.09. The van der Waals surface area contributed by atoms with E-state index in [2.05, 4.69) is 43.1 Å². The molecule has 1 amide bonds. The summed E-state index contributed by atoms with van der Waals surface area (Å²) in [6, 6.07) is 6.72. The van der Waals surface area contributed by atoms with Gasteiger partial charge in [0.1, 0.15) is 6.04 Å². The third kappa shape index (κ3) is 6.31. The number of carboxylic acids is 1. The van der Waals surface area contributed by atoms with Crippen LogP contribution in [-0.2, 0) is 16.0 Å². The molecule has 0 bridgehead atoms.